The van der Waals surface area contributed by atoms with E-state index in [-0.39, 0.29) is 11.3 Å². The predicted octanol–water partition coefficient (Wildman–Crippen LogP) is 2.85. The van der Waals surface area contributed by atoms with Crippen molar-refractivity contribution >= 4 is 17.5 Å². The lowest BCUT2D eigenvalue weighted by Gasteiger charge is -2.23. The maximum absolute atomic E-state index is 12.2. The Kier molecular flexibility index (Phi) is 5.85. The van der Waals surface area contributed by atoms with Crippen LogP contribution in [0.1, 0.15) is 50.3 Å². The summed E-state index contributed by atoms with van der Waals surface area (Å²) < 4.78 is 1.75. The molecule has 1 amide bonds. The zero-order chi connectivity index (χ0) is 14.5. The number of nitrogens with one attached hydrogen (secondary N) is 1. The molecule has 5 heteroatoms. The second-order valence-electron chi connectivity index (χ2n) is 5.48. The molecular formula is C14H24ClN3O. The van der Waals surface area contributed by atoms with Crippen molar-refractivity contribution in [1.82, 2.24) is 15.1 Å². The molecule has 0 fully saturated rings. The number of hydrogen-bond donors (Lipinski definition) is 1. The number of aryl methyl sites for hydroxylation is 2. The van der Waals surface area contributed by atoms with Crippen LogP contribution in [0.3, 0.4) is 0 Å². The van der Waals surface area contributed by atoms with E-state index >= 15 is 0 Å². The van der Waals surface area contributed by atoms with E-state index in [0.717, 1.165) is 18.5 Å². The van der Waals surface area contributed by atoms with Crippen molar-refractivity contribution in [1.29, 1.82) is 0 Å². The van der Waals surface area contributed by atoms with Crippen LogP contribution in [0.2, 0.25) is 0 Å². The van der Waals surface area contributed by atoms with Gasteiger partial charge in [-0.3, -0.25) is 9.48 Å². The first kappa shape index (κ1) is 16.0. The number of rotatable bonds is 7. The predicted molar refractivity (Wildman–Crippen MR) is 78.7 cm³/mol. The third-order valence-electron chi connectivity index (χ3n) is 3.22. The van der Waals surface area contributed by atoms with Crippen LogP contribution < -0.4 is 5.32 Å². The number of hydrogen-bond acceptors (Lipinski definition) is 2. The number of carbonyl (C=O) groups is 1. The summed E-state index contributed by atoms with van der Waals surface area (Å²) in [5, 5.41) is 7.36. The zero-order valence-corrected chi connectivity index (χ0v) is 13.0. The van der Waals surface area contributed by atoms with Gasteiger partial charge in [-0.15, -0.1) is 11.6 Å². The fourth-order valence-corrected chi connectivity index (χ4v) is 2.33. The van der Waals surface area contributed by atoms with Crippen LogP contribution in [0.15, 0.2) is 6.07 Å². The molecular weight excluding hydrogens is 262 g/mol. The molecule has 0 unspecified atom stereocenters. The highest BCUT2D eigenvalue weighted by molar-refractivity contribution is 6.17. The summed E-state index contributed by atoms with van der Waals surface area (Å²) in [6.45, 7) is 9.55. The quantitative estimate of drug-likeness (QED) is 0.783. The summed E-state index contributed by atoms with van der Waals surface area (Å²) in [6, 6.07) is 1.87. The van der Waals surface area contributed by atoms with E-state index < -0.39 is 0 Å². The summed E-state index contributed by atoms with van der Waals surface area (Å²) in [6.07, 6.45) is 1.72. The average molecular weight is 286 g/mol. The Labute approximate surface area is 120 Å². The Balaban J connectivity index is 2.70. The molecule has 0 saturated heterocycles. The van der Waals surface area contributed by atoms with Crippen molar-refractivity contribution in [2.24, 2.45) is 5.41 Å². The van der Waals surface area contributed by atoms with Crippen molar-refractivity contribution in [3.05, 3.63) is 17.5 Å². The number of amides is 1. The number of halogens is 1. The van der Waals surface area contributed by atoms with Gasteiger partial charge in [0.2, 0.25) is 0 Å². The van der Waals surface area contributed by atoms with Gasteiger partial charge < -0.3 is 5.32 Å². The molecule has 0 atom stereocenters. The van der Waals surface area contributed by atoms with Gasteiger partial charge >= 0.3 is 0 Å². The molecule has 1 heterocycles. The van der Waals surface area contributed by atoms with Gasteiger partial charge in [-0.1, -0.05) is 20.8 Å². The number of alkyl halides is 1. The van der Waals surface area contributed by atoms with Gasteiger partial charge in [-0.2, -0.15) is 5.10 Å². The normalized spacial score (nSPS) is 11.6. The monoisotopic (exact) mass is 285 g/mol. The maximum atomic E-state index is 12.2. The number of carbonyl (C=O) groups excluding carboxylic acids is 1. The van der Waals surface area contributed by atoms with Gasteiger partial charge in [0, 0.05) is 19.0 Å². The van der Waals surface area contributed by atoms with E-state index in [0.29, 0.717) is 24.7 Å². The van der Waals surface area contributed by atoms with Gasteiger partial charge in [0.1, 0.15) is 5.69 Å². The Morgan fingerprint density at radius 3 is 2.68 bits per heavy atom. The molecule has 0 radical (unpaired) electrons. The van der Waals surface area contributed by atoms with Crippen LogP contribution in [0.25, 0.3) is 0 Å². The van der Waals surface area contributed by atoms with Crippen LogP contribution >= 0.6 is 11.6 Å². The molecule has 0 spiro atoms. The minimum Gasteiger partial charge on any atom is -0.350 e. The molecule has 1 rings (SSSR count). The van der Waals surface area contributed by atoms with E-state index in [1.54, 1.807) is 4.68 Å². The highest BCUT2D eigenvalue weighted by atomic mass is 35.5. The molecule has 0 aromatic carbocycles. The van der Waals surface area contributed by atoms with E-state index in [1.807, 2.05) is 19.9 Å². The second kappa shape index (κ2) is 6.94. The molecule has 0 aliphatic rings. The molecule has 19 heavy (non-hydrogen) atoms. The van der Waals surface area contributed by atoms with Crippen LogP contribution in [-0.4, -0.2) is 28.1 Å². The molecule has 1 N–H and O–H groups in total. The molecule has 0 bridgehead atoms. The first-order valence-electron chi connectivity index (χ1n) is 6.84. The maximum Gasteiger partial charge on any atom is 0.269 e. The first-order chi connectivity index (χ1) is 8.93. The third-order valence-corrected chi connectivity index (χ3v) is 3.41. The summed E-state index contributed by atoms with van der Waals surface area (Å²) in [5.41, 5.74) is 1.61. The molecule has 0 aliphatic heterocycles. The smallest absolute Gasteiger partial charge is 0.269 e. The van der Waals surface area contributed by atoms with Crippen LogP contribution in [-0.2, 0) is 13.0 Å². The van der Waals surface area contributed by atoms with Gasteiger partial charge in [0.05, 0.1) is 5.69 Å². The molecule has 1 aromatic heterocycles. The summed E-state index contributed by atoms with van der Waals surface area (Å²) in [4.78, 5) is 12.2. The standard InChI is InChI=1S/C14H24ClN3O/c1-5-11-9-12(18(6-2)17-11)13(19)16-10-14(3,4)7-8-15/h9H,5-8,10H2,1-4H3,(H,16,19). The first-order valence-corrected chi connectivity index (χ1v) is 7.38. The lowest BCUT2D eigenvalue weighted by Crippen LogP contribution is -2.35. The van der Waals surface area contributed by atoms with Crippen molar-refractivity contribution in [2.45, 2.75) is 47.1 Å². The van der Waals surface area contributed by atoms with Gasteiger partial charge in [-0.25, -0.2) is 0 Å². The second-order valence-corrected chi connectivity index (χ2v) is 5.85. The van der Waals surface area contributed by atoms with Crippen LogP contribution in [0.5, 0.6) is 0 Å². The fraction of sp³-hybridized carbons (Fsp3) is 0.714. The zero-order valence-electron chi connectivity index (χ0n) is 12.3. The minimum atomic E-state index is -0.0586. The van der Waals surface area contributed by atoms with Crippen molar-refractivity contribution in [3.8, 4) is 0 Å². The van der Waals surface area contributed by atoms with E-state index in [2.05, 4.69) is 24.3 Å². The van der Waals surface area contributed by atoms with Crippen LogP contribution in [0.4, 0.5) is 0 Å². The SMILES string of the molecule is CCc1cc(C(=O)NCC(C)(C)CCCl)n(CC)n1. The number of aromatic nitrogens is 2. The van der Waals surface area contributed by atoms with Crippen molar-refractivity contribution < 1.29 is 4.79 Å². The fourth-order valence-electron chi connectivity index (χ4n) is 1.82. The van der Waals surface area contributed by atoms with E-state index in [9.17, 15) is 4.79 Å². The van der Waals surface area contributed by atoms with Gasteiger partial charge in [0.25, 0.3) is 5.91 Å². The Morgan fingerprint density at radius 1 is 1.47 bits per heavy atom. The molecule has 4 nitrogen and oxygen atoms in total. The largest absolute Gasteiger partial charge is 0.350 e. The summed E-state index contributed by atoms with van der Waals surface area (Å²) >= 11 is 5.76. The molecule has 0 aliphatic carbocycles. The summed E-state index contributed by atoms with van der Waals surface area (Å²) in [7, 11) is 0. The molecule has 108 valence electrons. The topological polar surface area (TPSA) is 46.9 Å². The van der Waals surface area contributed by atoms with Gasteiger partial charge in [0.15, 0.2) is 0 Å². The highest BCUT2D eigenvalue weighted by Gasteiger charge is 2.20. The van der Waals surface area contributed by atoms with Crippen LogP contribution in [0, 0.1) is 5.41 Å². The van der Waals surface area contributed by atoms with Crippen molar-refractivity contribution in [2.75, 3.05) is 12.4 Å². The van der Waals surface area contributed by atoms with E-state index in [1.165, 1.54) is 0 Å². The highest BCUT2D eigenvalue weighted by Crippen LogP contribution is 2.19. The Bertz CT molecular complexity index is 426. The Hall–Kier alpha value is -1.03. The summed E-state index contributed by atoms with van der Waals surface area (Å²) in [5.74, 6) is 0.548. The molecule has 0 saturated carbocycles. The van der Waals surface area contributed by atoms with E-state index in [4.69, 9.17) is 11.6 Å². The Morgan fingerprint density at radius 2 is 2.16 bits per heavy atom. The molecule has 1 aromatic rings. The lowest BCUT2D eigenvalue weighted by molar-refractivity contribution is 0.0925. The lowest BCUT2D eigenvalue weighted by atomic mass is 9.90. The third kappa shape index (κ3) is 4.53. The minimum absolute atomic E-state index is 0.0159. The van der Waals surface area contributed by atoms with Crippen molar-refractivity contribution in [3.63, 3.8) is 0 Å². The number of nitrogens with zero attached hydrogens (tertiary/aromatic N) is 2. The van der Waals surface area contributed by atoms with Gasteiger partial charge in [-0.05, 0) is 31.2 Å². The average Bonchev–Trinajstić information content (AvgIpc) is 2.79.